The first-order valence-electron chi connectivity index (χ1n) is 3.91. The van der Waals surface area contributed by atoms with Gasteiger partial charge in [0, 0.05) is 0 Å². The number of benzene rings is 1. The third-order valence-electron chi connectivity index (χ3n) is 2.00. The first-order valence-corrected chi connectivity index (χ1v) is 4.70. The largest absolute Gasteiger partial charge is 0.494 e. The Morgan fingerprint density at radius 2 is 2.23 bits per heavy atom. The van der Waals surface area contributed by atoms with Gasteiger partial charge in [-0.05, 0) is 34.5 Å². The fourth-order valence-electron chi connectivity index (χ4n) is 1.34. The zero-order valence-electron chi connectivity index (χ0n) is 7.39. The Balaban J connectivity index is 2.83. The minimum atomic E-state index is 0.732. The number of fused-ring (bicyclic) bond motifs is 1. The van der Waals surface area contributed by atoms with E-state index in [0.29, 0.717) is 0 Å². The number of hydrogen-bond acceptors (Lipinski definition) is 2. The highest BCUT2D eigenvalue weighted by atomic mass is 79.9. The quantitative estimate of drug-likeness (QED) is 0.833. The SMILES string of the molecule is COc1ccc(C)c2nc(Br)[nH]c12. The normalized spacial score (nSPS) is 10.7. The number of nitrogens with zero attached hydrogens (tertiary/aromatic N) is 1. The van der Waals surface area contributed by atoms with Crippen LogP contribution in [0.25, 0.3) is 11.0 Å². The standard InChI is InChI=1S/C9H9BrN2O/c1-5-3-4-6(13-2)8-7(5)11-9(10)12-8/h3-4H,1-2H3,(H,11,12). The van der Waals surface area contributed by atoms with E-state index >= 15 is 0 Å². The van der Waals surface area contributed by atoms with Crippen molar-refractivity contribution >= 4 is 27.0 Å². The molecule has 0 radical (unpaired) electrons. The molecule has 0 amide bonds. The third-order valence-corrected chi connectivity index (χ3v) is 2.38. The van der Waals surface area contributed by atoms with Gasteiger partial charge in [-0.3, -0.25) is 0 Å². The predicted molar refractivity (Wildman–Crippen MR) is 55.1 cm³/mol. The van der Waals surface area contributed by atoms with Gasteiger partial charge in [0.05, 0.1) is 12.6 Å². The number of halogens is 1. The Kier molecular flexibility index (Phi) is 2.00. The van der Waals surface area contributed by atoms with Crippen LogP contribution in [0.1, 0.15) is 5.56 Å². The van der Waals surface area contributed by atoms with Crippen molar-refractivity contribution in [3.8, 4) is 5.75 Å². The minimum Gasteiger partial charge on any atom is -0.494 e. The maximum absolute atomic E-state index is 5.20. The van der Waals surface area contributed by atoms with Crippen LogP contribution in [0, 0.1) is 6.92 Å². The summed E-state index contributed by atoms with van der Waals surface area (Å²) in [5.74, 6) is 0.818. The molecule has 0 spiro atoms. The van der Waals surface area contributed by atoms with E-state index < -0.39 is 0 Å². The first kappa shape index (κ1) is 8.56. The lowest BCUT2D eigenvalue weighted by Crippen LogP contribution is -1.85. The van der Waals surface area contributed by atoms with E-state index in [-0.39, 0.29) is 0 Å². The van der Waals surface area contributed by atoms with E-state index in [1.807, 2.05) is 19.1 Å². The predicted octanol–water partition coefficient (Wildman–Crippen LogP) is 2.64. The van der Waals surface area contributed by atoms with Gasteiger partial charge in [0.2, 0.25) is 0 Å². The molecule has 0 aliphatic heterocycles. The Morgan fingerprint density at radius 3 is 2.92 bits per heavy atom. The van der Waals surface area contributed by atoms with Gasteiger partial charge in [-0.1, -0.05) is 6.07 Å². The lowest BCUT2D eigenvalue weighted by molar-refractivity contribution is 0.419. The summed E-state index contributed by atoms with van der Waals surface area (Å²) in [5.41, 5.74) is 3.03. The monoisotopic (exact) mass is 240 g/mol. The molecule has 68 valence electrons. The summed E-state index contributed by atoms with van der Waals surface area (Å²) in [6, 6.07) is 3.93. The summed E-state index contributed by atoms with van der Waals surface area (Å²) in [4.78, 5) is 7.40. The molecule has 0 bridgehead atoms. The van der Waals surface area contributed by atoms with Crippen LogP contribution in [0.4, 0.5) is 0 Å². The molecule has 2 rings (SSSR count). The molecule has 1 heterocycles. The van der Waals surface area contributed by atoms with E-state index in [1.54, 1.807) is 7.11 Å². The summed E-state index contributed by atoms with van der Waals surface area (Å²) in [5, 5.41) is 0. The van der Waals surface area contributed by atoms with Crippen LogP contribution in [-0.4, -0.2) is 17.1 Å². The van der Waals surface area contributed by atoms with Crippen LogP contribution in [0.3, 0.4) is 0 Å². The number of aromatic nitrogens is 2. The second-order valence-corrected chi connectivity index (χ2v) is 3.59. The summed E-state index contributed by atoms with van der Waals surface area (Å²) in [7, 11) is 1.65. The molecule has 3 nitrogen and oxygen atoms in total. The Bertz CT molecular complexity index is 450. The van der Waals surface area contributed by atoms with Crippen LogP contribution in [-0.2, 0) is 0 Å². The number of nitrogens with one attached hydrogen (secondary N) is 1. The molecule has 1 aromatic carbocycles. The van der Waals surface area contributed by atoms with Crippen LogP contribution < -0.4 is 4.74 Å². The van der Waals surface area contributed by atoms with Gasteiger partial charge < -0.3 is 9.72 Å². The first-order chi connectivity index (χ1) is 6.22. The van der Waals surface area contributed by atoms with Crippen molar-refractivity contribution in [3.05, 3.63) is 22.4 Å². The molecule has 0 atom stereocenters. The average Bonchev–Trinajstić information content (AvgIpc) is 2.48. The lowest BCUT2D eigenvalue weighted by Gasteiger charge is -2.01. The number of rotatable bonds is 1. The zero-order valence-corrected chi connectivity index (χ0v) is 8.97. The molecule has 1 N–H and O–H groups in total. The summed E-state index contributed by atoms with van der Waals surface area (Å²) < 4.78 is 5.94. The topological polar surface area (TPSA) is 37.9 Å². The molecule has 2 aromatic rings. The van der Waals surface area contributed by atoms with Crippen LogP contribution in [0.5, 0.6) is 5.75 Å². The van der Waals surface area contributed by atoms with Gasteiger partial charge in [0.25, 0.3) is 0 Å². The van der Waals surface area contributed by atoms with Crippen molar-refractivity contribution in [1.29, 1.82) is 0 Å². The summed E-state index contributed by atoms with van der Waals surface area (Å²) in [6.07, 6.45) is 0. The van der Waals surface area contributed by atoms with E-state index in [0.717, 1.165) is 27.1 Å². The number of aromatic amines is 1. The number of aryl methyl sites for hydroxylation is 1. The number of hydrogen-bond donors (Lipinski definition) is 1. The number of ether oxygens (including phenoxy) is 1. The maximum atomic E-state index is 5.20. The third kappa shape index (κ3) is 1.31. The number of methoxy groups -OCH3 is 1. The van der Waals surface area contributed by atoms with E-state index in [4.69, 9.17) is 4.74 Å². The number of imidazole rings is 1. The summed E-state index contributed by atoms with van der Waals surface area (Å²) in [6.45, 7) is 2.02. The van der Waals surface area contributed by atoms with Crippen molar-refractivity contribution in [1.82, 2.24) is 9.97 Å². The molecular weight excluding hydrogens is 232 g/mol. The van der Waals surface area contributed by atoms with Gasteiger partial charge in [-0.2, -0.15) is 0 Å². The fraction of sp³-hybridized carbons (Fsp3) is 0.222. The Morgan fingerprint density at radius 1 is 1.46 bits per heavy atom. The lowest BCUT2D eigenvalue weighted by atomic mass is 10.2. The maximum Gasteiger partial charge on any atom is 0.175 e. The fourth-order valence-corrected chi connectivity index (χ4v) is 1.72. The molecule has 0 saturated carbocycles. The number of H-pyrrole nitrogens is 1. The van der Waals surface area contributed by atoms with Crippen molar-refractivity contribution in [2.75, 3.05) is 7.11 Å². The van der Waals surface area contributed by atoms with Crippen LogP contribution in [0.2, 0.25) is 0 Å². The molecule has 13 heavy (non-hydrogen) atoms. The molecule has 0 unspecified atom stereocenters. The van der Waals surface area contributed by atoms with Crippen molar-refractivity contribution < 1.29 is 4.74 Å². The second-order valence-electron chi connectivity index (χ2n) is 2.84. The highest BCUT2D eigenvalue weighted by molar-refractivity contribution is 9.10. The Labute approximate surface area is 84.3 Å². The van der Waals surface area contributed by atoms with Crippen LogP contribution in [0.15, 0.2) is 16.9 Å². The highest BCUT2D eigenvalue weighted by Crippen LogP contribution is 2.27. The molecule has 0 saturated heterocycles. The minimum absolute atomic E-state index is 0.732. The van der Waals surface area contributed by atoms with Gasteiger partial charge >= 0.3 is 0 Å². The van der Waals surface area contributed by atoms with E-state index in [9.17, 15) is 0 Å². The molecule has 4 heteroatoms. The smallest absolute Gasteiger partial charge is 0.175 e. The molecule has 0 aliphatic rings. The molecule has 0 aliphatic carbocycles. The Hall–Kier alpha value is -1.03. The highest BCUT2D eigenvalue weighted by Gasteiger charge is 2.07. The van der Waals surface area contributed by atoms with Gasteiger partial charge in [-0.15, -0.1) is 0 Å². The van der Waals surface area contributed by atoms with Crippen molar-refractivity contribution in [2.24, 2.45) is 0 Å². The van der Waals surface area contributed by atoms with Gasteiger partial charge in [0.15, 0.2) is 4.73 Å². The average molecular weight is 241 g/mol. The molecule has 0 fully saturated rings. The van der Waals surface area contributed by atoms with E-state index in [1.165, 1.54) is 0 Å². The van der Waals surface area contributed by atoms with Crippen molar-refractivity contribution in [2.45, 2.75) is 6.92 Å². The van der Waals surface area contributed by atoms with Crippen molar-refractivity contribution in [3.63, 3.8) is 0 Å². The van der Waals surface area contributed by atoms with Crippen LogP contribution >= 0.6 is 15.9 Å². The van der Waals surface area contributed by atoms with E-state index in [2.05, 4.69) is 25.9 Å². The zero-order chi connectivity index (χ0) is 9.42. The van der Waals surface area contributed by atoms with Gasteiger partial charge in [0.1, 0.15) is 11.3 Å². The molecular formula is C9H9BrN2O. The second kappa shape index (κ2) is 3.03. The summed E-state index contributed by atoms with van der Waals surface area (Å²) >= 11 is 3.30. The van der Waals surface area contributed by atoms with Gasteiger partial charge in [-0.25, -0.2) is 4.98 Å². The molecule has 1 aromatic heterocycles.